The Labute approximate surface area is 214 Å². The van der Waals surface area contributed by atoms with E-state index in [9.17, 15) is 14.7 Å². The van der Waals surface area contributed by atoms with Crippen molar-refractivity contribution < 1.29 is 24.2 Å². The molecule has 0 radical (unpaired) electrons. The van der Waals surface area contributed by atoms with Crippen LogP contribution in [-0.2, 0) is 14.3 Å². The van der Waals surface area contributed by atoms with Crippen molar-refractivity contribution in [3.8, 4) is 11.5 Å². The molecule has 1 aliphatic heterocycles. The van der Waals surface area contributed by atoms with Crippen LogP contribution in [0, 0.1) is 0 Å². The zero-order valence-electron chi connectivity index (χ0n) is 20.2. The number of esters is 1. The molecule has 1 aliphatic carbocycles. The van der Waals surface area contributed by atoms with Crippen molar-refractivity contribution >= 4 is 27.7 Å². The minimum atomic E-state index is -0.629. The van der Waals surface area contributed by atoms with E-state index in [1.807, 2.05) is 51.1 Å². The van der Waals surface area contributed by atoms with Crippen LogP contribution in [0.15, 0.2) is 69.5 Å². The molecule has 0 spiro atoms. The molecule has 0 amide bonds. The number of Topliss-reactive ketones (excluding diaryl/α,β-unsaturated/α-hetero) is 1. The Balaban J connectivity index is 1.84. The first-order valence-corrected chi connectivity index (χ1v) is 12.8. The fraction of sp³-hybridized carbons (Fsp3) is 0.357. The molecule has 4 rings (SSSR count). The number of rotatable bonds is 7. The van der Waals surface area contributed by atoms with Crippen LogP contribution in [0.3, 0.4) is 0 Å². The zero-order chi connectivity index (χ0) is 25.1. The van der Waals surface area contributed by atoms with Crippen molar-refractivity contribution in [3.63, 3.8) is 0 Å². The minimum Gasteiger partial charge on any atom is -0.503 e. The van der Waals surface area contributed by atoms with Gasteiger partial charge in [0.15, 0.2) is 17.3 Å². The Morgan fingerprint density at radius 3 is 2.57 bits per heavy atom. The highest BCUT2D eigenvalue weighted by molar-refractivity contribution is 9.10. The van der Waals surface area contributed by atoms with Gasteiger partial charge in [-0.25, -0.2) is 4.79 Å². The Bertz CT molecular complexity index is 1200. The summed E-state index contributed by atoms with van der Waals surface area (Å²) in [4.78, 5) is 26.9. The number of aromatic hydroxyl groups is 1. The normalized spacial score (nSPS) is 19.8. The van der Waals surface area contributed by atoms with E-state index in [0.29, 0.717) is 65.1 Å². The number of dihydropyridines is 1. The molecule has 2 aliphatic rings. The maximum absolute atomic E-state index is 13.7. The lowest BCUT2D eigenvalue weighted by Gasteiger charge is -2.37. The monoisotopic (exact) mass is 539 g/mol. The highest BCUT2D eigenvalue weighted by Crippen LogP contribution is 2.48. The number of carbonyl (C=O) groups is 2. The number of hydrogen-bond acceptors (Lipinski definition) is 6. The van der Waals surface area contributed by atoms with Crippen molar-refractivity contribution in [1.82, 2.24) is 5.32 Å². The van der Waals surface area contributed by atoms with Gasteiger partial charge < -0.3 is 19.9 Å². The van der Waals surface area contributed by atoms with E-state index in [2.05, 4.69) is 21.2 Å². The number of hydrogen-bond donors (Lipinski definition) is 2. The van der Waals surface area contributed by atoms with Crippen molar-refractivity contribution in [2.24, 2.45) is 0 Å². The average molecular weight is 540 g/mol. The molecule has 0 saturated heterocycles. The number of carbonyl (C=O) groups excluding carboxylic acids is 2. The Morgan fingerprint density at radius 1 is 1.14 bits per heavy atom. The predicted molar refractivity (Wildman–Crippen MR) is 137 cm³/mol. The van der Waals surface area contributed by atoms with Crippen molar-refractivity contribution in [1.29, 1.82) is 0 Å². The van der Waals surface area contributed by atoms with Gasteiger partial charge in [0.25, 0.3) is 0 Å². The number of ketones is 1. The second-order valence-corrected chi connectivity index (χ2v) is 9.70. The van der Waals surface area contributed by atoms with Crippen LogP contribution in [0.25, 0.3) is 0 Å². The third kappa shape index (κ3) is 5.01. The van der Waals surface area contributed by atoms with Gasteiger partial charge in [0.1, 0.15) is 0 Å². The lowest BCUT2D eigenvalue weighted by atomic mass is 9.71. The number of phenols is 1. The van der Waals surface area contributed by atoms with E-state index < -0.39 is 11.9 Å². The van der Waals surface area contributed by atoms with E-state index in [0.717, 1.165) is 11.3 Å². The van der Waals surface area contributed by atoms with E-state index >= 15 is 0 Å². The molecule has 1 heterocycles. The summed E-state index contributed by atoms with van der Waals surface area (Å²) in [5.74, 6) is -0.754. The topological polar surface area (TPSA) is 84.9 Å². The summed E-state index contributed by atoms with van der Waals surface area (Å²) < 4.78 is 11.6. The average Bonchev–Trinajstić information content (AvgIpc) is 2.84. The van der Waals surface area contributed by atoms with E-state index in [1.54, 1.807) is 12.1 Å². The van der Waals surface area contributed by atoms with Gasteiger partial charge in [-0.2, -0.15) is 0 Å². The number of nitrogens with one attached hydrogen (secondary N) is 1. The highest BCUT2D eigenvalue weighted by Gasteiger charge is 2.41. The van der Waals surface area contributed by atoms with Gasteiger partial charge in [0.2, 0.25) is 0 Å². The fourth-order valence-corrected chi connectivity index (χ4v) is 5.36. The van der Waals surface area contributed by atoms with Gasteiger partial charge in [-0.3, -0.25) is 4.79 Å². The van der Waals surface area contributed by atoms with Gasteiger partial charge in [0, 0.05) is 29.3 Å². The van der Waals surface area contributed by atoms with E-state index in [4.69, 9.17) is 9.47 Å². The van der Waals surface area contributed by atoms with Gasteiger partial charge >= 0.3 is 5.97 Å². The molecule has 2 atom stereocenters. The quantitative estimate of drug-likeness (QED) is 0.428. The molecule has 2 aromatic rings. The first kappa shape index (κ1) is 25.0. The van der Waals surface area contributed by atoms with Gasteiger partial charge in [-0.05, 0) is 71.8 Å². The summed E-state index contributed by atoms with van der Waals surface area (Å²) >= 11 is 3.41. The van der Waals surface area contributed by atoms with E-state index in [-0.39, 0.29) is 17.5 Å². The van der Waals surface area contributed by atoms with Crippen LogP contribution in [-0.4, -0.2) is 30.1 Å². The van der Waals surface area contributed by atoms with Crippen LogP contribution in [0.2, 0.25) is 0 Å². The molecule has 184 valence electrons. The van der Waals surface area contributed by atoms with Gasteiger partial charge in [0.05, 0.1) is 23.3 Å². The van der Waals surface area contributed by atoms with Gasteiger partial charge in [-0.1, -0.05) is 37.3 Å². The maximum atomic E-state index is 13.7. The minimum absolute atomic E-state index is 0.00643. The predicted octanol–water partition coefficient (Wildman–Crippen LogP) is 5.87. The molecule has 6 nitrogen and oxygen atoms in total. The number of ether oxygens (including phenoxy) is 2. The molecule has 0 unspecified atom stereocenters. The van der Waals surface area contributed by atoms with Crippen LogP contribution >= 0.6 is 15.9 Å². The number of benzene rings is 2. The van der Waals surface area contributed by atoms with Crippen LogP contribution in [0.5, 0.6) is 11.5 Å². The van der Waals surface area contributed by atoms with Crippen LogP contribution < -0.4 is 10.1 Å². The maximum Gasteiger partial charge on any atom is 0.336 e. The lowest BCUT2D eigenvalue weighted by molar-refractivity contribution is -0.139. The third-order valence-electron chi connectivity index (χ3n) is 6.44. The first-order chi connectivity index (χ1) is 16.8. The van der Waals surface area contributed by atoms with Gasteiger partial charge in [-0.15, -0.1) is 0 Å². The Kier molecular flexibility index (Phi) is 7.65. The number of halogens is 1. The summed E-state index contributed by atoms with van der Waals surface area (Å²) in [5, 5.41) is 13.8. The summed E-state index contributed by atoms with van der Waals surface area (Å²) in [7, 11) is 0. The Morgan fingerprint density at radius 2 is 1.89 bits per heavy atom. The molecular formula is C28H30BrNO5. The second kappa shape index (κ2) is 10.7. The largest absolute Gasteiger partial charge is 0.503 e. The fourth-order valence-electron chi connectivity index (χ4n) is 4.90. The molecule has 2 aromatic carbocycles. The van der Waals surface area contributed by atoms with Crippen molar-refractivity contribution in [2.45, 2.75) is 51.9 Å². The molecule has 35 heavy (non-hydrogen) atoms. The highest BCUT2D eigenvalue weighted by atomic mass is 79.9. The summed E-state index contributed by atoms with van der Waals surface area (Å²) in [5.41, 5.74) is 4.27. The van der Waals surface area contributed by atoms with E-state index in [1.165, 1.54) is 0 Å². The molecule has 0 fully saturated rings. The number of allylic oxidation sites excluding steroid dienone is 3. The molecule has 7 heteroatoms. The molecule has 2 N–H and O–H groups in total. The SMILES string of the molecule is CCCOC(=O)C1=C(C)NC2=C(C(=O)C[C@H](c3ccccc3)C2)[C@H]1c1cc(Br)c(O)c(OCC)c1. The lowest BCUT2D eigenvalue weighted by Crippen LogP contribution is -2.36. The molecule has 0 saturated carbocycles. The smallest absolute Gasteiger partial charge is 0.336 e. The van der Waals surface area contributed by atoms with Crippen molar-refractivity contribution in [3.05, 3.63) is 80.6 Å². The van der Waals surface area contributed by atoms with Crippen molar-refractivity contribution in [2.75, 3.05) is 13.2 Å². The summed E-state index contributed by atoms with van der Waals surface area (Å²) in [6.45, 7) is 6.26. The van der Waals surface area contributed by atoms with Crippen LogP contribution in [0.4, 0.5) is 0 Å². The number of phenolic OH excluding ortho intramolecular Hbond substituents is 1. The second-order valence-electron chi connectivity index (χ2n) is 8.85. The zero-order valence-corrected chi connectivity index (χ0v) is 21.8. The first-order valence-electron chi connectivity index (χ1n) is 12.0. The summed E-state index contributed by atoms with van der Waals surface area (Å²) in [6.07, 6.45) is 1.71. The molecule has 0 bridgehead atoms. The molecule has 0 aromatic heterocycles. The Hall–Kier alpha value is -3.06. The van der Waals surface area contributed by atoms with Crippen LogP contribution in [0.1, 0.15) is 63.0 Å². The molecular weight excluding hydrogens is 510 g/mol. The standard InChI is InChI=1S/C28H30BrNO5/c1-4-11-35-28(33)24-16(3)30-21-13-18(17-9-7-6-8-10-17)14-22(31)26(21)25(24)19-12-20(29)27(32)23(15-19)34-5-2/h6-10,12,15,18,25,30,32H,4-5,11,13-14H2,1-3H3/t18-,25+/m1/s1. The summed E-state index contributed by atoms with van der Waals surface area (Å²) in [6, 6.07) is 13.5. The third-order valence-corrected chi connectivity index (χ3v) is 7.04.